The Morgan fingerprint density at radius 1 is 0.800 bits per heavy atom. The molecule has 0 aliphatic carbocycles. The fourth-order valence-electron chi connectivity index (χ4n) is 3.88. The van der Waals surface area contributed by atoms with Crippen LogP contribution >= 0.6 is 0 Å². The number of hydrogen-bond acceptors (Lipinski definition) is 6. The number of para-hydroxylation sites is 2. The van der Waals surface area contributed by atoms with Crippen LogP contribution in [0.5, 0.6) is 0 Å². The van der Waals surface area contributed by atoms with Crippen LogP contribution in [0.25, 0.3) is 33.9 Å². The molecule has 0 amide bonds. The summed E-state index contributed by atoms with van der Waals surface area (Å²) in [4.78, 5) is 19.3. The van der Waals surface area contributed by atoms with Gasteiger partial charge in [-0.25, -0.2) is 9.78 Å². The van der Waals surface area contributed by atoms with Gasteiger partial charge in [-0.05, 0) is 42.5 Å². The van der Waals surface area contributed by atoms with E-state index in [0.717, 1.165) is 16.9 Å². The lowest BCUT2D eigenvalue weighted by molar-refractivity contribution is 0.0697. The van der Waals surface area contributed by atoms with Crippen LogP contribution in [0.15, 0.2) is 91.3 Å². The van der Waals surface area contributed by atoms with E-state index in [2.05, 4.69) is 20.4 Å². The normalized spacial score (nSPS) is 11.2. The maximum absolute atomic E-state index is 11.5. The molecule has 0 bridgehead atoms. The van der Waals surface area contributed by atoms with Crippen molar-refractivity contribution in [2.24, 2.45) is 0 Å². The molecule has 0 spiro atoms. The van der Waals surface area contributed by atoms with Crippen molar-refractivity contribution in [1.82, 2.24) is 39.5 Å². The van der Waals surface area contributed by atoms with Crippen molar-refractivity contribution in [2.75, 3.05) is 0 Å². The number of aromatic carboxylic acids is 1. The van der Waals surface area contributed by atoms with Gasteiger partial charge in [-0.2, -0.15) is 24.9 Å². The maximum Gasteiger partial charge on any atom is 0.335 e. The molecule has 6 rings (SSSR count). The van der Waals surface area contributed by atoms with Gasteiger partial charge in [0.15, 0.2) is 5.82 Å². The van der Waals surface area contributed by atoms with E-state index in [0.29, 0.717) is 29.3 Å². The minimum atomic E-state index is -1.01. The van der Waals surface area contributed by atoms with E-state index >= 15 is 0 Å². The zero-order valence-corrected chi connectivity index (χ0v) is 18.3. The van der Waals surface area contributed by atoms with E-state index in [4.69, 9.17) is 4.98 Å². The molecule has 0 saturated carbocycles. The van der Waals surface area contributed by atoms with Crippen molar-refractivity contribution in [3.05, 3.63) is 103 Å². The fourth-order valence-corrected chi connectivity index (χ4v) is 3.88. The third-order valence-electron chi connectivity index (χ3n) is 5.55. The van der Waals surface area contributed by atoms with Crippen LogP contribution in [0.1, 0.15) is 16.1 Å². The van der Waals surface area contributed by atoms with Gasteiger partial charge < -0.3 is 9.67 Å². The predicted molar refractivity (Wildman–Crippen MR) is 128 cm³/mol. The molecule has 10 nitrogen and oxygen atoms in total. The predicted octanol–water partition coefficient (Wildman–Crippen LogP) is 3.61. The van der Waals surface area contributed by atoms with E-state index in [1.165, 1.54) is 4.80 Å². The number of hydrogen-bond donors (Lipinski definition) is 1. The number of nitrogens with zero attached hydrogens (tertiary/aromatic N) is 8. The van der Waals surface area contributed by atoms with Crippen molar-refractivity contribution in [1.29, 1.82) is 0 Å². The Bertz CT molecular complexity index is 1650. The highest BCUT2D eigenvalue weighted by Gasteiger charge is 2.19. The molecule has 170 valence electrons. The highest BCUT2D eigenvalue weighted by atomic mass is 16.4. The van der Waals surface area contributed by atoms with Gasteiger partial charge in [0.25, 0.3) is 0 Å². The molecule has 3 aromatic carbocycles. The SMILES string of the molecule is O=C(O)c1ccc2c(c1)nc(-c1cnn(-c3ccccc3)n1)n2Cc1cnn(-c2ccccc2)n1. The Hall–Kier alpha value is -5.12. The molecule has 0 unspecified atom stereocenters. The largest absolute Gasteiger partial charge is 0.478 e. The first-order chi connectivity index (χ1) is 17.2. The first-order valence-electron chi connectivity index (χ1n) is 10.8. The number of aromatic nitrogens is 8. The minimum absolute atomic E-state index is 0.164. The lowest BCUT2D eigenvalue weighted by atomic mass is 10.2. The van der Waals surface area contributed by atoms with E-state index in [9.17, 15) is 9.90 Å². The Kier molecular flexibility index (Phi) is 4.88. The van der Waals surface area contributed by atoms with Crippen LogP contribution < -0.4 is 0 Å². The molecule has 0 aliphatic heterocycles. The smallest absolute Gasteiger partial charge is 0.335 e. The van der Waals surface area contributed by atoms with Crippen molar-refractivity contribution in [3.8, 4) is 22.9 Å². The first-order valence-corrected chi connectivity index (χ1v) is 10.8. The number of rotatable bonds is 6. The summed E-state index contributed by atoms with van der Waals surface area (Å²) in [6.45, 7) is 0.364. The molecular weight excluding hydrogens is 444 g/mol. The summed E-state index contributed by atoms with van der Waals surface area (Å²) < 4.78 is 1.94. The highest BCUT2D eigenvalue weighted by Crippen LogP contribution is 2.26. The molecule has 0 radical (unpaired) electrons. The molecule has 10 heteroatoms. The third kappa shape index (κ3) is 3.82. The van der Waals surface area contributed by atoms with Gasteiger partial charge >= 0.3 is 5.97 Å². The molecule has 0 saturated heterocycles. The van der Waals surface area contributed by atoms with E-state index in [1.807, 2.05) is 65.2 Å². The second-order valence-electron chi connectivity index (χ2n) is 7.85. The van der Waals surface area contributed by atoms with E-state index in [-0.39, 0.29) is 5.56 Å². The van der Waals surface area contributed by atoms with Crippen LogP contribution in [0.2, 0.25) is 0 Å². The molecule has 1 N–H and O–H groups in total. The molecule has 0 atom stereocenters. The monoisotopic (exact) mass is 462 g/mol. The zero-order chi connectivity index (χ0) is 23.8. The van der Waals surface area contributed by atoms with Gasteiger partial charge in [0.1, 0.15) is 11.4 Å². The minimum Gasteiger partial charge on any atom is -0.478 e. The van der Waals surface area contributed by atoms with Crippen LogP contribution in [0, 0.1) is 0 Å². The molecule has 3 aromatic heterocycles. The number of benzene rings is 3. The van der Waals surface area contributed by atoms with Gasteiger partial charge in [-0.1, -0.05) is 36.4 Å². The van der Waals surface area contributed by atoms with Gasteiger partial charge in [-0.15, -0.1) is 5.10 Å². The van der Waals surface area contributed by atoms with Crippen molar-refractivity contribution in [2.45, 2.75) is 6.54 Å². The summed E-state index contributed by atoms with van der Waals surface area (Å²) >= 11 is 0. The van der Waals surface area contributed by atoms with Crippen molar-refractivity contribution < 1.29 is 9.90 Å². The molecule has 3 heterocycles. The van der Waals surface area contributed by atoms with Gasteiger partial charge in [-0.3, -0.25) is 0 Å². The van der Waals surface area contributed by atoms with Gasteiger partial charge in [0.2, 0.25) is 0 Å². The van der Waals surface area contributed by atoms with Gasteiger partial charge in [0.05, 0.1) is 46.9 Å². The number of fused-ring (bicyclic) bond motifs is 1. The summed E-state index contributed by atoms with van der Waals surface area (Å²) in [5.41, 5.74) is 4.41. The van der Waals surface area contributed by atoms with Crippen molar-refractivity contribution in [3.63, 3.8) is 0 Å². The molecule has 0 aliphatic rings. The quantitative estimate of drug-likeness (QED) is 0.402. The average molecular weight is 462 g/mol. The maximum atomic E-state index is 11.5. The lowest BCUT2D eigenvalue weighted by Crippen LogP contribution is -2.05. The Labute approximate surface area is 198 Å². The first kappa shape index (κ1) is 20.5. The second-order valence-corrected chi connectivity index (χ2v) is 7.85. The fraction of sp³-hybridized carbons (Fsp3) is 0.0400. The van der Waals surface area contributed by atoms with E-state index < -0.39 is 5.97 Å². The van der Waals surface area contributed by atoms with Crippen LogP contribution in [0.4, 0.5) is 0 Å². The Morgan fingerprint density at radius 2 is 1.46 bits per heavy atom. The topological polar surface area (TPSA) is 117 Å². The van der Waals surface area contributed by atoms with Crippen LogP contribution in [0.3, 0.4) is 0 Å². The highest BCUT2D eigenvalue weighted by molar-refractivity contribution is 5.93. The van der Waals surface area contributed by atoms with Gasteiger partial charge in [0, 0.05) is 0 Å². The molecule has 6 aromatic rings. The Balaban J connectivity index is 1.44. The lowest BCUT2D eigenvalue weighted by Gasteiger charge is -2.06. The zero-order valence-electron chi connectivity index (χ0n) is 18.3. The molecule has 0 fully saturated rings. The van der Waals surface area contributed by atoms with Crippen LogP contribution in [-0.4, -0.2) is 50.6 Å². The summed E-state index contributed by atoms with van der Waals surface area (Å²) in [5, 5.41) is 27.5. The van der Waals surface area contributed by atoms with E-state index in [1.54, 1.807) is 35.4 Å². The number of carboxylic acids is 1. The number of carboxylic acid groups (broad SMARTS) is 1. The van der Waals surface area contributed by atoms with Crippen LogP contribution in [-0.2, 0) is 6.54 Å². The second kappa shape index (κ2) is 8.34. The summed E-state index contributed by atoms with van der Waals surface area (Å²) in [7, 11) is 0. The third-order valence-corrected chi connectivity index (χ3v) is 5.55. The van der Waals surface area contributed by atoms with Crippen molar-refractivity contribution >= 4 is 17.0 Å². The molecular formula is C25H18N8O2. The summed E-state index contributed by atoms with van der Waals surface area (Å²) in [5.74, 6) is -0.456. The Morgan fingerprint density at radius 3 is 2.14 bits per heavy atom. The molecule has 35 heavy (non-hydrogen) atoms. The standard InChI is InChI=1S/C25H18N8O2/c34-25(35)17-11-12-23-21(13-17)28-24(22-15-27-33(30-22)20-9-5-2-6-10-20)31(23)16-18-14-26-32(29-18)19-7-3-1-4-8-19/h1-15H,16H2,(H,34,35). The number of carbonyl (C=O) groups is 1. The average Bonchev–Trinajstić information content (AvgIpc) is 3.64. The number of imidazole rings is 1. The summed E-state index contributed by atoms with van der Waals surface area (Å²) in [6.07, 6.45) is 3.35. The summed E-state index contributed by atoms with van der Waals surface area (Å²) in [6, 6.07) is 24.1.